The number of fused-ring (bicyclic) bond motifs is 2. The second kappa shape index (κ2) is 5.12. The molecular formula is C13H19ClN4O. The minimum atomic E-state index is 0.182. The minimum absolute atomic E-state index is 0.182. The van der Waals surface area contributed by atoms with Gasteiger partial charge in [0.15, 0.2) is 0 Å². The highest BCUT2D eigenvalue weighted by molar-refractivity contribution is 6.28. The minimum Gasteiger partial charge on any atom is -0.467 e. The third-order valence-corrected chi connectivity index (χ3v) is 4.66. The van der Waals surface area contributed by atoms with Gasteiger partial charge in [0.2, 0.25) is 11.2 Å². The maximum absolute atomic E-state index is 5.88. The first-order chi connectivity index (χ1) is 9.15. The van der Waals surface area contributed by atoms with Gasteiger partial charge in [0, 0.05) is 13.6 Å². The summed E-state index contributed by atoms with van der Waals surface area (Å²) in [4.78, 5) is 14.4. The average Bonchev–Trinajstić information content (AvgIpc) is 3.00. The van der Waals surface area contributed by atoms with Crippen LogP contribution in [-0.2, 0) is 0 Å². The van der Waals surface area contributed by atoms with Crippen molar-refractivity contribution in [1.82, 2.24) is 15.0 Å². The van der Waals surface area contributed by atoms with Crippen molar-refractivity contribution in [2.75, 3.05) is 25.6 Å². The summed E-state index contributed by atoms with van der Waals surface area (Å²) in [5.74, 6) is 3.22. The highest BCUT2D eigenvalue weighted by atomic mass is 35.5. The number of hydrogen-bond acceptors (Lipinski definition) is 5. The molecule has 3 atom stereocenters. The van der Waals surface area contributed by atoms with E-state index in [0.29, 0.717) is 5.95 Å². The molecule has 2 bridgehead atoms. The molecule has 0 aromatic carbocycles. The fourth-order valence-corrected chi connectivity index (χ4v) is 3.77. The molecule has 1 aromatic heterocycles. The average molecular weight is 283 g/mol. The lowest BCUT2D eigenvalue weighted by molar-refractivity contribution is 0.335. The standard InChI is InChI=1S/C13H19ClN4O/c1-18(7-10-6-8-3-4-9(10)5-8)12-15-11(14)16-13(17-12)19-2/h8-10H,3-7H2,1-2H3. The van der Waals surface area contributed by atoms with E-state index in [9.17, 15) is 0 Å². The van der Waals surface area contributed by atoms with Gasteiger partial charge in [-0.2, -0.15) is 15.0 Å². The quantitative estimate of drug-likeness (QED) is 0.849. The molecule has 0 aliphatic heterocycles. The Labute approximate surface area is 118 Å². The van der Waals surface area contributed by atoms with Crippen molar-refractivity contribution >= 4 is 17.5 Å². The predicted molar refractivity (Wildman–Crippen MR) is 73.6 cm³/mol. The van der Waals surface area contributed by atoms with E-state index in [1.165, 1.54) is 32.8 Å². The number of nitrogens with zero attached hydrogens (tertiary/aromatic N) is 4. The van der Waals surface area contributed by atoms with E-state index in [1.54, 1.807) is 0 Å². The molecule has 0 spiro atoms. The molecule has 1 aromatic rings. The van der Waals surface area contributed by atoms with Gasteiger partial charge in [-0.1, -0.05) is 6.42 Å². The second-order valence-electron chi connectivity index (χ2n) is 5.71. The zero-order chi connectivity index (χ0) is 13.4. The maximum Gasteiger partial charge on any atom is 0.322 e. The fraction of sp³-hybridized carbons (Fsp3) is 0.769. The molecule has 2 fully saturated rings. The van der Waals surface area contributed by atoms with Gasteiger partial charge in [-0.3, -0.25) is 0 Å². The molecule has 0 amide bonds. The van der Waals surface area contributed by atoms with Gasteiger partial charge in [0.05, 0.1) is 7.11 Å². The van der Waals surface area contributed by atoms with E-state index in [1.807, 2.05) is 7.05 Å². The molecule has 6 heteroatoms. The molecule has 2 aliphatic rings. The van der Waals surface area contributed by atoms with Crippen molar-refractivity contribution < 1.29 is 4.74 Å². The Morgan fingerprint density at radius 2 is 2.11 bits per heavy atom. The van der Waals surface area contributed by atoms with E-state index in [2.05, 4.69) is 19.9 Å². The Morgan fingerprint density at radius 1 is 1.26 bits per heavy atom. The first-order valence-electron chi connectivity index (χ1n) is 6.82. The third kappa shape index (κ3) is 2.61. The van der Waals surface area contributed by atoms with Crippen molar-refractivity contribution in [2.24, 2.45) is 17.8 Å². The first-order valence-corrected chi connectivity index (χ1v) is 7.20. The first kappa shape index (κ1) is 12.9. The van der Waals surface area contributed by atoms with Crippen molar-refractivity contribution in [3.8, 4) is 6.01 Å². The van der Waals surface area contributed by atoms with Gasteiger partial charge in [-0.05, 0) is 48.6 Å². The van der Waals surface area contributed by atoms with Crippen LogP contribution in [0.5, 0.6) is 6.01 Å². The Kier molecular flexibility index (Phi) is 3.48. The number of ether oxygens (including phenoxy) is 1. The molecule has 3 unspecified atom stereocenters. The SMILES string of the molecule is COc1nc(Cl)nc(N(C)CC2CC3CCC2C3)n1. The van der Waals surface area contributed by atoms with Crippen LogP contribution in [0.25, 0.3) is 0 Å². The fourth-order valence-electron chi connectivity index (χ4n) is 3.62. The monoisotopic (exact) mass is 282 g/mol. The number of hydrogen-bond donors (Lipinski definition) is 0. The molecule has 0 N–H and O–H groups in total. The molecule has 19 heavy (non-hydrogen) atoms. The van der Waals surface area contributed by atoms with Crippen molar-refractivity contribution in [2.45, 2.75) is 25.7 Å². The molecule has 3 rings (SSSR count). The highest BCUT2D eigenvalue weighted by Crippen LogP contribution is 2.48. The summed E-state index contributed by atoms with van der Waals surface area (Å²) >= 11 is 5.88. The van der Waals surface area contributed by atoms with E-state index in [4.69, 9.17) is 16.3 Å². The summed E-state index contributed by atoms with van der Waals surface area (Å²) in [5.41, 5.74) is 0. The molecule has 104 valence electrons. The van der Waals surface area contributed by atoms with E-state index < -0.39 is 0 Å². The van der Waals surface area contributed by atoms with Crippen LogP contribution in [-0.4, -0.2) is 35.7 Å². The van der Waals surface area contributed by atoms with Gasteiger partial charge >= 0.3 is 6.01 Å². The summed E-state index contributed by atoms with van der Waals surface area (Å²) in [6, 6.07) is 0.273. The highest BCUT2D eigenvalue weighted by Gasteiger charge is 2.39. The lowest BCUT2D eigenvalue weighted by atomic mass is 9.88. The summed E-state index contributed by atoms with van der Waals surface area (Å²) in [5, 5.41) is 0.182. The van der Waals surface area contributed by atoms with Gasteiger partial charge in [-0.15, -0.1) is 0 Å². The van der Waals surface area contributed by atoms with Crippen LogP contribution >= 0.6 is 11.6 Å². The van der Waals surface area contributed by atoms with Crippen LogP contribution in [0.1, 0.15) is 25.7 Å². The van der Waals surface area contributed by atoms with Gasteiger partial charge < -0.3 is 9.64 Å². The van der Waals surface area contributed by atoms with Crippen LogP contribution in [0.4, 0.5) is 5.95 Å². The molecule has 2 saturated carbocycles. The Bertz CT molecular complexity index is 470. The van der Waals surface area contributed by atoms with Crippen molar-refractivity contribution in [1.29, 1.82) is 0 Å². The lowest BCUT2D eigenvalue weighted by Gasteiger charge is -2.27. The van der Waals surface area contributed by atoms with Gasteiger partial charge in [0.1, 0.15) is 0 Å². The Morgan fingerprint density at radius 3 is 2.74 bits per heavy atom. The number of methoxy groups -OCH3 is 1. The predicted octanol–water partition coefficient (Wildman–Crippen LogP) is 2.41. The summed E-state index contributed by atoms with van der Waals surface area (Å²) in [6.45, 7) is 0.991. The second-order valence-corrected chi connectivity index (χ2v) is 6.04. The summed E-state index contributed by atoms with van der Waals surface area (Å²) in [6.07, 6.45) is 5.59. The van der Waals surface area contributed by atoms with Crippen LogP contribution < -0.4 is 9.64 Å². The van der Waals surface area contributed by atoms with Gasteiger partial charge in [0.25, 0.3) is 0 Å². The zero-order valence-electron chi connectivity index (χ0n) is 11.3. The lowest BCUT2D eigenvalue weighted by Crippen LogP contribution is -2.30. The smallest absolute Gasteiger partial charge is 0.322 e. The molecular weight excluding hydrogens is 264 g/mol. The molecule has 5 nitrogen and oxygen atoms in total. The molecule has 2 aliphatic carbocycles. The topological polar surface area (TPSA) is 51.1 Å². The summed E-state index contributed by atoms with van der Waals surface area (Å²) < 4.78 is 5.03. The molecule has 0 radical (unpaired) electrons. The summed E-state index contributed by atoms with van der Waals surface area (Å²) in [7, 11) is 3.54. The molecule has 0 saturated heterocycles. The Balaban J connectivity index is 1.70. The zero-order valence-corrected chi connectivity index (χ0v) is 12.1. The van der Waals surface area contributed by atoms with E-state index in [0.717, 1.165) is 24.3 Å². The van der Waals surface area contributed by atoms with E-state index >= 15 is 0 Å². The number of halogens is 1. The maximum atomic E-state index is 5.88. The van der Waals surface area contributed by atoms with Crippen LogP contribution in [0.2, 0.25) is 5.28 Å². The van der Waals surface area contributed by atoms with E-state index in [-0.39, 0.29) is 11.3 Å². The number of rotatable bonds is 4. The van der Waals surface area contributed by atoms with Crippen LogP contribution in [0.15, 0.2) is 0 Å². The molecule has 1 heterocycles. The van der Waals surface area contributed by atoms with Crippen LogP contribution in [0, 0.1) is 17.8 Å². The number of aromatic nitrogens is 3. The van der Waals surface area contributed by atoms with Crippen molar-refractivity contribution in [3.05, 3.63) is 5.28 Å². The largest absolute Gasteiger partial charge is 0.467 e. The van der Waals surface area contributed by atoms with Crippen LogP contribution in [0.3, 0.4) is 0 Å². The van der Waals surface area contributed by atoms with Gasteiger partial charge in [-0.25, -0.2) is 0 Å². The van der Waals surface area contributed by atoms with Crippen molar-refractivity contribution in [3.63, 3.8) is 0 Å². The number of anilines is 1. The third-order valence-electron chi connectivity index (χ3n) is 4.49. The Hall–Kier alpha value is -1.10. The normalized spacial score (nSPS) is 28.7.